The lowest BCUT2D eigenvalue weighted by molar-refractivity contribution is -0.129. The van der Waals surface area contributed by atoms with Crippen LogP contribution in [0.4, 0.5) is 5.69 Å². The number of rotatable bonds is 6. The van der Waals surface area contributed by atoms with E-state index in [2.05, 4.69) is 19.2 Å². The maximum Gasteiger partial charge on any atom is 0.253 e. The number of carbonyl (C=O) groups is 1. The van der Waals surface area contributed by atoms with Gasteiger partial charge >= 0.3 is 0 Å². The minimum atomic E-state index is -0.519. The van der Waals surface area contributed by atoms with Gasteiger partial charge in [-0.15, -0.1) is 0 Å². The molecule has 2 atom stereocenters. The van der Waals surface area contributed by atoms with Crippen molar-refractivity contribution >= 4 is 11.6 Å². The maximum absolute atomic E-state index is 12.0. The Balaban J connectivity index is 2.55. The van der Waals surface area contributed by atoms with Crippen LogP contribution in [-0.4, -0.2) is 18.1 Å². The van der Waals surface area contributed by atoms with Crippen molar-refractivity contribution in [3.8, 4) is 6.07 Å². The molecule has 1 N–H and O–H groups in total. The average Bonchev–Trinajstić information content (AvgIpc) is 2.37. The molecule has 0 saturated heterocycles. The van der Waals surface area contributed by atoms with Crippen molar-refractivity contribution in [3.05, 3.63) is 29.8 Å². The smallest absolute Gasteiger partial charge is 0.253 e. The summed E-state index contributed by atoms with van der Waals surface area (Å²) in [6, 6.07) is 8.87. The molecule has 0 radical (unpaired) electrons. The Morgan fingerprint density at radius 1 is 1.35 bits per heavy atom. The van der Waals surface area contributed by atoms with Crippen LogP contribution in [0.2, 0.25) is 0 Å². The molecule has 1 amide bonds. The predicted molar refractivity (Wildman–Crippen MR) is 79.3 cm³/mol. The summed E-state index contributed by atoms with van der Waals surface area (Å²) in [6.45, 7) is 7.95. The predicted octanol–water partition coefficient (Wildman–Crippen LogP) is 3.34. The summed E-state index contributed by atoms with van der Waals surface area (Å²) < 4.78 is 5.67. The Labute approximate surface area is 120 Å². The van der Waals surface area contributed by atoms with Crippen LogP contribution in [0.25, 0.3) is 0 Å². The molecule has 108 valence electrons. The van der Waals surface area contributed by atoms with E-state index in [9.17, 15) is 4.79 Å². The molecule has 0 fully saturated rings. The van der Waals surface area contributed by atoms with Gasteiger partial charge in [-0.1, -0.05) is 19.9 Å². The molecule has 1 aromatic carbocycles. The molecule has 1 rings (SSSR count). The minimum absolute atomic E-state index is 0.0428. The largest absolute Gasteiger partial charge is 0.366 e. The van der Waals surface area contributed by atoms with E-state index in [0.29, 0.717) is 17.2 Å². The SMILES string of the molecule is CC(C)CC(C)OC(C)C(=O)Nc1cccc(C#N)c1. The first kappa shape index (κ1) is 16.2. The van der Waals surface area contributed by atoms with E-state index in [0.717, 1.165) is 6.42 Å². The topological polar surface area (TPSA) is 62.1 Å². The summed E-state index contributed by atoms with van der Waals surface area (Å²) in [6.07, 6.45) is 0.442. The highest BCUT2D eigenvalue weighted by molar-refractivity contribution is 5.94. The van der Waals surface area contributed by atoms with E-state index in [4.69, 9.17) is 10.00 Å². The first-order valence-corrected chi connectivity index (χ1v) is 6.89. The van der Waals surface area contributed by atoms with Crippen LogP contribution >= 0.6 is 0 Å². The number of anilines is 1. The monoisotopic (exact) mass is 274 g/mol. The van der Waals surface area contributed by atoms with Crippen LogP contribution in [0.3, 0.4) is 0 Å². The Kier molecular flexibility index (Phi) is 6.20. The Bertz CT molecular complexity index is 491. The van der Waals surface area contributed by atoms with Crippen LogP contribution in [0.15, 0.2) is 24.3 Å². The van der Waals surface area contributed by atoms with Gasteiger partial charge in [0.15, 0.2) is 0 Å². The maximum atomic E-state index is 12.0. The highest BCUT2D eigenvalue weighted by Crippen LogP contribution is 2.13. The Morgan fingerprint density at radius 3 is 2.65 bits per heavy atom. The summed E-state index contributed by atoms with van der Waals surface area (Å²) >= 11 is 0. The molecule has 0 aliphatic rings. The van der Waals surface area contributed by atoms with Gasteiger partial charge in [-0.3, -0.25) is 4.79 Å². The lowest BCUT2D eigenvalue weighted by Gasteiger charge is -2.20. The van der Waals surface area contributed by atoms with Crippen molar-refractivity contribution in [2.24, 2.45) is 5.92 Å². The van der Waals surface area contributed by atoms with Crippen molar-refractivity contribution in [1.82, 2.24) is 0 Å². The average molecular weight is 274 g/mol. The summed E-state index contributed by atoms with van der Waals surface area (Å²) in [4.78, 5) is 12.0. The fourth-order valence-electron chi connectivity index (χ4n) is 2.04. The molecular formula is C16H22N2O2. The number of nitrogens with zero attached hydrogens (tertiary/aromatic N) is 1. The van der Waals surface area contributed by atoms with E-state index < -0.39 is 6.10 Å². The molecule has 0 heterocycles. The molecule has 0 aliphatic carbocycles. The number of ether oxygens (including phenoxy) is 1. The Hall–Kier alpha value is -1.86. The van der Waals surface area contributed by atoms with E-state index in [1.54, 1.807) is 31.2 Å². The molecule has 2 unspecified atom stereocenters. The van der Waals surface area contributed by atoms with Crippen molar-refractivity contribution < 1.29 is 9.53 Å². The van der Waals surface area contributed by atoms with Gasteiger partial charge in [0.25, 0.3) is 5.91 Å². The third-order valence-electron chi connectivity index (χ3n) is 2.87. The van der Waals surface area contributed by atoms with E-state index >= 15 is 0 Å². The fraction of sp³-hybridized carbons (Fsp3) is 0.500. The van der Waals surface area contributed by atoms with Crippen LogP contribution in [-0.2, 0) is 9.53 Å². The fourth-order valence-corrected chi connectivity index (χ4v) is 2.04. The molecule has 0 saturated carbocycles. The zero-order chi connectivity index (χ0) is 15.1. The molecule has 1 aromatic rings. The van der Waals surface area contributed by atoms with Gasteiger partial charge in [0.05, 0.1) is 17.7 Å². The van der Waals surface area contributed by atoms with Gasteiger partial charge in [0, 0.05) is 5.69 Å². The molecule has 4 heteroatoms. The highest BCUT2D eigenvalue weighted by atomic mass is 16.5. The summed E-state index contributed by atoms with van der Waals surface area (Å²) in [5.41, 5.74) is 1.13. The van der Waals surface area contributed by atoms with Crippen LogP contribution in [0.5, 0.6) is 0 Å². The second kappa shape index (κ2) is 7.66. The number of amides is 1. The van der Waals surface area contributed by atoms with Gasteiger partial charge in [0.2, 0.25) is 0 Å². The molecule has 0 aliphatic heterocycles. The van der Waals surface area contributed by atoms with E-state index in [1.165, 1.54) is 0 Å². The molecule has 0 bridgehead atoms. The number of benzene rings is 1. The first-order valence-electron chi connectivity index (χ1n) is 6.89. The van der Waals surface area contributed by atoms with Crippen molar-refractivity contribution in [1.29, 1.82) is 5.26 Å². The van der Waals surface area contributed by atoms with Crippen LogP contribution in [0, 0.1) is 17.2 Å². The number of nitrogens with one attached hydrogen (secondary N) is 1. The van der Waals surface area contributed by atoms with E-state index in [1.807, 2.05) is 13.0 Å². The second-order valence-corrected chi connectivity index (χ2v) is 5.40. The molecule has 0 spiro atoms. The number of hydrogen-bond donors (Lipinski definition) is 1. The third kappa shape index (κ3) is 5.41. The van der Waals surface area contributed by atoms with Crippen molar-refractivity contribution in [2.45, 2.75) is 46.3 Å². The zero-order valence-corrected chi connectivity index (χ0v) is 12.5. The zero-order valence-electron chi connectivity index (χ0n) is 12.5. The molecule has 0 aromatic heterocycles. The molecule has 20 heavy (non-hydrogen) atoms. The summed E-state index contributed by atoms with van der Waals surface area (Å²) in [5, 5.41) is 11.6. The standard InChI is InChI=1S/C16H22N2O2/c1-11(2)8-12(3)20-13(4)16(19)18-15-7-5-6-14(9-15)10-17/h5-7,9,11-13H,8H2,1-4H3,(H,18,19). The van der Waals surface area contributed by atoms with Crippen LogP contribution in [0.1, 0.15) is 39.7 Å². The number of carbonyl (C=O) groups excluding carboxylic acids is 1. The second-order valence-electron chi connectivity index (χ2n) is 5.40. The summed E-state index contributed by atoms with van der Waals surface area (Å²) in [7, 11) is 0. The van der Waals surface area contributed by atoms with Crippen molar-refractivity contribution in [2.75, 3.05) is 5.32 Å². The van der Waals surface area contributed by atoms with Crippen LogP contribution < -0.4 is 5.32 Å². The lowest BCUT2D eigenvalue weighted by Crippen LogP contribution is -2.31. The summed E-state index contributed by atoms with van der Waals surface area (Å²) in [5.74, 6) is 0.336. The quantitative estimate of drug-likeness (QED) is 0.865. The number of nitriles is 1. The normalized spacial score (nSPS) is 13.6. The molecular weight excluding hydrogens is 252 g/mol. The van der Waals surface area contributed by atoms with Gasteiger partial charge in [-0.2, -0.15) is 5.26 Å². The Morgan fingerprint density at radius 2 is 2.05 bits per heavy atom. The van der Waals surface area contributed by atoms with Gasteiger partial charge < -0.3 is 10.1 Å². The van der Waals surface area contributed by atoms with E-state index in [-0.39, 0.29) is 12.0 Å². The molecule has 4 nitrogen and oxygen atoms in total. The van der Waals surface area contributed by atoms with Gasteiger partial charge in [0.1, 0.15) is 6.10 Å². The lowest BCUT2D eigenvalue weighted by atomic mass is 10.1. The first-order chi connectivity index (χ1) is 9.42. The third-order valence-corrected chi connectivity index (χ3v) is 2.87. The highest BCUT2D eigenvalue weighted by Gasteiger charge is 2.17. The van der Waals surface area contributed by atoms with Gasteiger partial charge in [-0.25, -0.2) is 0 Å². The van der Waals surface area contributed by atoms with Crippen molar-refractivity contribution in [3.63, 3.8) is 0 Å². The number of hydrogen-bond acceptors (Lipinski definition) is 3. The minimum Gasteiger partial charge on any atom is -0.366 e. The van der Waals surface area contributed by atoms with Gasteiger partial charge in [-0.05, 0) is 44.4 Å².